The number of likely N-dealkylation sites (N-methyl/N-ethyl adjacent to an activating group) is 1. The highest BCUT2D eigenvalue weighted by Gasteiger charge is 2.14. The van der Waals surface area contributed by atoms with E-state index in [1.54, 1.807) is 0 Å². The van der Waals surface area contributed by atoms with E-state index in [1.807, 2.05) is 32.9 Å². The van der Waals surface area contributed by atoms with E-state index >= 15 is 0 Å². The van der Waals surface area contributed by atoms with Gasteiger partial charge in [-0.2, -0.15) is 0 Å². The monoisotopic (exact) mass is 263 g/mol. The van der Waals surface area contributed by atoms with Gasteiger partial charge in [0.1, 0.15) is 6.61 Å². The molecule has 0 radical (unpaired) electrons. The molecule has 0 amide bonds. The summed E-state index contributed by atoms with van der Waals surface area (Å²) in [7, 11) is 0. The van der Waals surface area contributed by atoms with Crippen molar-refractivity contribution in [3.63, 3.8) is 0 Å². The molecule has 1 aromatic carbocycles. The Morgan fingerprint density at radius 1 is 1.11 bits per heavy atom. The first-order valence-corrected chi connectivity index (χ1v) is 6.96. The SMILES string of the molecule is CCN(CC)CCOC(=O)c1c(C)cc(C)cc1C. The predicted octanol–water partition coefficient (Wildman–Crippen LogP) is 3.11. The fraction of sp³-hybridized carbons (Fsp3) is 0.562. The van der Waals surface area contributed by atoms with Gasteiger partial charge in [-0.05, 0) is 45.0 Å². The van der Waals surface area contributed by atoms with Crippen LogP contribution in [0.25, 0.3) is 0 Å². The van der Waals surface area contributed by atoms with Crippen molar-refractivity contribution >= 4 is 5.97 Å². The molecule has 1 rings (SSSR count). The third-order valence-corrected chi connectivity index (χ3v) is 3.42. The molecule has 0 aliphatic heterocycles. The zero-order chi connectivity index (χ0) is 14.4. The second-order valence-electron chi connectivity index (χ2n) is 4.94. The van der Waals surface area contributed by atoms with Crippen LogP contribution < -0.4 is 0 Å². The molecule has 0 aliphatic rings. The van der Waals surface area contributed by atoms with Crippen LogP contribution in [0.5, 0.6) is 0 Å². The van der Waals surface area contributed by atoms with Crippen molar-refractivity contribution < 1.29 is 9.53 Å². The Labute approximate surface area is 116 Å². The van der Waals surface area contributed by atoms with Crippen molar-refractivity contribution in [3.05, 3.63) is 34.4 Å². The average molecular weight is 263 g/mol. The minimum Gasteiger partial charge on any atom is -0.461 e. The summed E-state index contributed by atoms with van der Waals surface area (Å²) in [4.78, 5) is 14.4. The number of carbonyl (C=O) groups excluding carboxylic acids is 1. The molecule has 0 aliphatic carbocycles. The Hall–Kier alpha value is -1.35. The Morgan fingerprint density at radius 3 is 2.11 bits per heavy atom. The van der Waals surface area contributed by atoms with Crippen molar-refractivity contribution in [3.8, 4) is 0 Å². The summed E-state index contributed by atoms with van der Waals surface area (Å²) in [6, 6.07) is 4.04. The maximum atomic E-state index is 12.1. The van der Waals surface area contributed by atoms with E-state index in [0.717, 1.165) is 30.8 Å². The lowest BCUT2D eigenvalue weighted by Crippen LogP contribution is -2.28. The van der Waals surface area contributed by atoms with Crippen LogP contribution >= 0.6 is 0 Å². The molecule has 1 aromatic rings. The van der Waals surface area contributed by atoms with Crippen molar-refractivity contribution in [1.29, 1.82) is 0 Å². The van der Waals surface area contributed by atoms with Gasteiger partial charge in [-0.15, -0.1) is 0 Å². The largest absolute Gasteiger partial charge is 0.461 e. The molecule has 0 saturated carbocycles. The third-order valence-electron chi connectivity index (χ3n) is 3.42. The summed E-state index contributed by atoms with van der Waals surface area (Å²) in [5, 5.41) is 0. The van der Waals surface area contributed by atoms with E-state index in [2.05, 4.69) is 18.7 Å². The number of ether oxygens (including phenoxy) is 1. The van der Waals surface area contributed by atoms with Gasteiger partial charge in [0.25, 0.3) is 0 Å². The second kappa shape index (κ2) is 7.29. The summed E-state index contributed by atoms with van der Waals surface area (Å²) in [5.74, 6) is -0.206. The highest BCUT2D eigenvalue weighted by molar-refractivity contribution is 5.92. The highest BCUT2D eigenvalue weighted by Crippen LogP contribution is 2.17. The van der Waals surface area contributed by atoms with E-state index < -0.39 is 0 Å². The molecule has 0 bridgehead atoms. The summed E-state index contributed by atoms with van der Waals surface area (Å²) in [6.07, 6.45) is 0. The highest BCUT2D eigenvalue weighted by atomic mass is 16.5. The number of carbonyl (C=O) groups is 1. The molecule has 3 nitrogen and oxygen atoms in total. The molecule has 0 unspecified atom stereocenters. The Morgan fingerprint density at radius 2 is 1.63 bits per heavy atom. The molecular formula is C16H25NO2. The van der Waals surface area contributed by atoms with E-state index in [9.17, 15) is 4.79 Å². The molecule has 0 saturated heterocycles. The van der Waals surface area contributed by atoms with E-state index in [1.165, 1.54) is 5.56 Å². The van der Waals surface area contributed by atoms with Gasteiger partial charge in [0.05, 0.1) is 5.56 Å². The van der Waals surface area contributed by atoms with Gasteiger partial charge < -0.3 is 9.64 Å². The molecule has 0 atom stereocenters. The molecule has 106 valence electrons. The van der Waals surface area contributed by atoms with Gasteiger partial charge in [-0.25, -0.2) is 4.79 Å². The van der Waals surface area contributed by atoms with Gasteiger partial charge in [0.2, 0.25) is 0 Å². The standard InChI is InChI=1S/C16H25NO2/c1-6-17(7-2)8-9-19-16(18)15-13(4)10-12(3)11-14(15)5/h10-11H,6-9H2,1-5H3. The third kappa shape index (κ3) is 4.35. The van der Waals surface area contributed by atoms with Crippen LogP contribution in [0.15, 0.2) is 12.1 Å². The van der Waals surface area contributed by atoms with Gasteiger partial charge in [-0.1, -0.05) is 31.5 Å². The zero-order valence-electron chi connectivity index (χ0n) is 12.7. The molecule has 3 heteroatoms. The lowest BCUT2D eigenvalue weighted by atomic mass is 10.00. The Kier molecular flexibility index (Phi) is 6.03. The van der Waals surface area contributed by atoms with Crippen molar-refractivity contribution in [2.75, 3.05) is 26.2 Å². The number of aryl methyl sites for hydroxylation is 3. The maximum absolute atomic E-state index is 12.1. The second-order valence-corrected chi connectivity index (χ2v) is 4.94. The van der Waals surface area contributed by atoms with Crippen molar-refractivity contribution in [1.82, 2.24) is 4.90 Å². The van der Waals surface area contributed by atoms with E-state index in [4.69, 9.17) is 4.74 Å². The van der Waals surface area contributed by atoms with Gasteiger partial charge in [0, 0.05) is 6.54 Å². The van der Waals surface area contributed by atoms with Crippen molar-refractivity contribution in [2.24, 2.45) is 0 Å². The van der Waals surface area contributed by atoms with E-state index in [0.29, 0.717) is 12.2 Å². The average Bonchev–Trinajstić information content (AvgIpc) is 2.33. The summed E-state index contributed by atoms with van der Waals surface area (Å²) < 4.78 is 5.38. The predicted molar refractivity (Wildman–Crippen MR) is 78.7 cm³/mol. The first-order valence-electron chi connectivity index (χ1n) is 6.96. The van der Waals surface area contributed by atoms with Crippen LogP contribution in [0.1, 0.15) is 40.9 Å². The summed E-state index contributed by atoms with van der Waals surface area (Å²) >= 11 is 0. The molecule has 0 N–H and O–H groups in total. The molecule has 0 spiro atoms. The molecule has 19 heavy (non-hydrogen) atoms. The number of benzene rings is 1. The molecule has 0 aromatic heterocycles. The summed E-state index contributed by atoms with van der Waals surface area (Å²) in [5.41, 5.74) is 3.87. The van der Waals surface area contributed by atoms with Gasteiger partial charge >= 0.3 is 5.97 Å². The number of hydrogen-bond donors (Lipinski definition) is 0. The first-order chi connectivity index (χ1) is 8.99. The Bertz CT molecular complexity index is 413. The lowest BCUT2D eigenvalue weighted by molar-refractivity contribution is 0.0465. The summed E-state index contributed by atoms with van der Waals surface area (Å²) in [6.45, 7) is 13.4. The smallest absolute Gasteiger partial charge is 0.338 e. The van der Waals surface area contributed by atoms with Crippen LogP contribution in [-0.2, 0) is 4.74 Å². The fourth-order valence-corrected chi connectivity index (χ4v) is 2.38. The van der Waals surface area contributed by atoms with Crippen LogP contribution in [-0.4, -0.2) is 37.1 Å². The first kappa shape index (κ1) is 15.7. The van der Waals surface area contributed by atoms with Gasteiger partial charge in [-0.3, -0.25) is 0 Å². The van der Waals surface area contributed by atoms with Crippen molar-refractivity contribution in [2.45, 2.75) is 34.6 Å². The minimum absolute atomic E-state index is 0.206. The van der Waals surface area contributed by atoms with Crippen LogP contribution in [0, 0.1) is 20.8 Å². The number of nitrogens with zero attached hydrogens (tertiary/aromatic N) is 1. The number of esters is 1. The van der Waals surface area contributed by atoms with Gasteiger partial charge in [0.15, 0.2) is 0 Å². The van der Waals surface area contributed by atoms with Crippen LogP contribution in [0.2, 0.25) is 0 Å². The van der Waals surface area contributed by atoms with Crippen LogP contribution in [0.4, 0.5) is 0 Å². The normalized spacial score (nSPS) is 10.8. The Balaban J connectivity index is 2.64. The minimum atomic E-state index is -0.206. The molecular weight excluding hydrogens is 238 g/mol. The quantitative estimate of drug-likeness (QED) is 0.739. The number of rotatable bonds is 6. The molecule has 0 heterocycles. The topological polar surface area (TPSA) is 29.5 Å². The van der Waals surface area contributed by atoms with E-state index in [-0.39, 0.29) is 5.97 Å². The molecule has 0 fully saturated rings. The number of hydrogen-bond acceptors (Lipinski definition) is 3. The lowest BCUT2D eigenvalue weighted by Gasteiger charge is -2.18. The zero-order valence-corrected chi connectivity index (χ0v) is 12.7. The maximum Gasteiger partial charge on any atom is 0.338 e. The fourth-order valence-electron chi connectivity index (χ4n) is 2.38. The van der Waals surface area contributed by atoms with Crippen LogP contribution in [0.3, 0.4) is 0 Å².